The number of amides is 1. The van der Waals surface area contributed by atoms with Gasteiger partial charge < -0.3 is 15.1 Å². The van der Waals surface area contributed by atoms with E-state index in [2.05, 4.69) is 42.3 Å². The van der Waals surface area contributed by atoms with Crippen LogP contribution in [0.5, 0.6) is 0 Å². The van der Waals surface area contributed by atoms with Gasteiger partial charge in [0.15, 0.2) is 6.54 Å². The molecule has 0 unspecified atom stereocenters. The molecular weight excluding hydrogens is 334 g/mol. The summed E-state index contributed by atoms with van der Waals surface area (Å²) in [4.78, 5) is 16.0. The number of nitrogens with zero attached hydrogens (tertiary/aromatic N) is 1. The normalized spacial score (nSPS) is 15.2. The largest absolute Gasteiger partial charge is 0.360 e. The predicted octanol–water partition coefficient (Wildman–Crippen LogP) is 2.30. The SMILES string of the molecule is Cc1cccc(N2CC[NH+](CC(=O)Nc3ccccc3Cl)CC2)c1C. The van der Waals surface area contributed by atoms with Crippen molar-refractivity contribution in [2.75, 3.05) is 42.9 Å². The zero-order chi connectivity index (χ0) is 17.8. The van der Waals surface area contributed by atoms with Crippen LogP contribution in [0.4, 0.5) is 11.4 Å². The number of piperazine rings is 1. The first-order chi connectivity index (χ1) is 12.0. The number of anilines is 2. The summed E-state index contributed by atoms with van der Waals surface area (Å²) in [5, 5.41) is 3.49. The van der Waals surface area contributed by atoms with Crippen LogP contribution in [0.2, 0.25) is 5.02 Å². The third-order valence-corrected chi connectivity index (χ3v) is 5.28. The molecule has 2 aromatic carbocycles. The van der Waals surface area contributed by atoms with E-state index >= 15 is 0 Å². The van der Waals surface area contributed by atoms with Crippen LogP contribution in [-0.2, 0) is 4.79 Å². The van der Waals surface area contributed by atoms with Crippen molar-refractivity contribution >= 4 is 28.9 Å². The van der Waals surface area contributed by atoms with E-state index in [-0.39, 0.29) is 5.91 Å². The van der Waals surface area contributed by atoms with E-state index in [0.29, 0.717) is 17.3 Å². The summed E-state index contributed by atoms with van der Waals surface area (Å²) in [6.07, 6.45) is 0. The maximum Gasteiger partial charge on any atom is 0.279 e. The summed E-state index contributed by atoms with van der Waals surface area (Å²) in [7, 11) is 0. The van der Waals surface area contributed by atoms with Crippen molar-refractivity contribution in [1.82, 2.24) is 0 Å². The van der Waals surface area contributed by atoms with Gasteiger partial charge in [0.1, 0.15) is 0 Å². The Morgan fingerprint density at radius 3 is 2.56 bits per heavy atom. The van der Waals surface area contributed by atoms with Gasteiger partial charge in [-0.1, -0.05) is 35.9 Å². The van der Waals surface area contributed by atoms with Crippen LogP contribution in [0.15, 0.2) is 42.5 Å². The molecule has 0 aromatic heterocycles. The molecule has 0 spiro atoms. The van der Waals surface area contributed by atoms with E-state index < -0.39 is 0 Å². The number of carbonyl (C=O) groups excluding carboxylic acids is 1. The molecule has 132 valence electrons. The van der Waals surface area contributed by atoms with Crippen LogP contribution >= 0.6 is 11.6 Å². The molecule has 3 rings (SSSR count). The number of nitrogens with one attached hydrogen (secondary N) is 2. The van der Waals surface area contributed by atoms with Crippen molar-refractivity contribution in [3.05, 3.63) is 58.6 Å². The Balaban J connectivity index is 1.53. The molecule has 0 radical (unpaired) electrons. The highest BCUT2D eigenvalue weighted by Gasteiger charge is 2.23. The summed E-state index contributed by atoms with van der Waals surface area (Å²) in [6.45, 7) is 8.68. The molecule has 4 nitrogen and oxygen atoms in total. The maximum atomic E-state index is 12.3. The minimum atomic E-state index is 0.0169. The number of rotatable bonds is 4. The first kappa shape index (κ1) is 17.8. The summed E-state index contributed by atoms with van der Waals surface area (Å²) in [5.41, 5.74) is 4.68. The maximum absolute atomic E-state index is 12.3. The van der Waals surface area contributed by atoms with E-state index in [1.54, 1.807) is 6.07 Å². The summed E-state index contributed by atoms with van der Waals surface area (Å²) in [5.74, 6) is 0.0169. The number of carbonyl (C=O) groups is 1. The summed E-state index contributed by atoms with van der Waals surface area (Å²) < 4.78 is 0. The molecule has 25 heavy (non-hydrogen) atoms. The Bertz CT molecular complexity index is 754. The number of hydrogen-bond donors (Lipinski definition) is 2. The van der Waals surface area contributed by atoms with Crippen LogP contribution in [0.3, 0.4) is 0 Å². The van der Waals surface area contributed by atoms with Gasteiger partial charge >= 0.3 is 0 Å². The molecule has 1 aliphatic rings. The zero-order valence-corrected chi connectivity index (χ0v) is 15.6. The van der Waals surface area contributed by atoms with Gasteiger partial charge in [0.25, 0.3) is 5.91 Å². The lowest BCUT2D eigenvalue weighted by Gasteiger charge is -2.34. The second-order valence-corrected chi connectivity index (χ2v) is 7.07. The van der Waals surface area contributed by atoms with Crippen molar-refractivity contribution in [1.29, 1.82) is 0 Å². The number of halogens is 1. The van der Waals surface area contributed by atoms with Crippen molar-refractivity contribution in [3.63, 3.8) is 0 Å². The van der Waals surface area contributed by atoms with Crippen molar-refractivity contribution in [2.45, 2.75) is 13.8 Å². The zero-order valence-electron chi connectivity index (χ0n) is 14.8. The van der Waals surface area contributed by atoms with Crippen LogP contribution < -0.4 is 15.1 Å². The number of hydrogen-bond acceptors (Lipinski definition) is 2. The Labute approximate surface area is 154 Å². The third-order valence-electron chi connectivity index (χ3n) is 4.95. The van der Waals surface area contributed by atoms with E-state index in [4.69, 9.17) is 11.6 Å². The number of aryl methyl sites for hydroxylation is 1. The van der Waals surface area contributed by atoms with E-state index in [1.807, 2.05) is 18.2 Å². The van der Waals surface area contributed by atoms with Crippen molar-refractivity contribution in [3.8, 4) is 0 Å². The highest BCUT2D eigenvalue weighted by Crippen LogP contribution is 2.22. The minimum absolute atomic E-state index is 0.0169. The van der Waals surface area contributed by atoms with Crippen molar-refractivity contribution in [2.24, 2.45) is 0 Å². The second-order valence-electron chi connectivity index (χ2n) is 6.66. The van der Waals surface area contributed by atoms with E-state index in [1.165, 1.54) is 21.7 Å². The fraction of sp³-hybridized carbons (Fsp3) is 0.350. The van der Waals surface area contributed by atoms with Crippen molar-refractivity contribution < 1.29 is 9.69 Å². The van der Waals surface area contributed by atoms with E-state index in [0.717, 1.165) is 26.2 Å². The highest BCUT2D eigenvalue weighted by molar-refractivity contribution is 6.33. The summed E-state index contributed by atoms with van der Waals surface area (Å²) >= 11 is 6.10. The number of para-hydroxylation sites is 1. The molecular formula is C20H25ClN3O+. The molecule has 1 saturated heterocycles. The molecule has 1 aliphatic heterocycles. The predicted molar refractivity (Wildman–Crippen MR) is 104 cm³/mol. The van der Waals surface area contributed by atoms with Gasteiger partial charge in [-0.05, 0) is 43.2 Å². The first-order valence-corrected chi connectivity index (χ1v) is 9.11. The molecule has 1 amide bonds. The minimum Gasteiger partial charge on any atom is -0.360 e. The molecule has 1 heterocycles. The Morgan fingerprint density at radius 1 is 1.12 bits per heavy atom. The molecule has 2 aromatic rings. The second kappa shape index (κ2) is 7.89. The molecule has 0 saturated carbocycles. The number of quaternary nitrogens is 1. The van der Waals surface area contributed by atoms with Gasteiger partial charge in [0.05, 0.1) is 36.9 Å². The standard InChI is InChI=1S/C20H24ClN3O/c1-15-6-5-9-19(16(15)2)24-12-10-23(11-13-24)14-20(25)22-18-8-4-3-7-17(18)21/h3-9H,10-14H2,1-2H3,(H,22,25)/p+1. The Kier molecular flexibility index (Phi) is 5.61. The van der Waals surface area contributed by atoms with Crippen LogP contribution in [0.25, 0.3) is 0 Å². The summed E-state index contributed by atoms with van der Waals surface area (Å²) in [6, 6.07) is 13.8. The first-order valence-electron chi connectivity index (χ1n) is 8.73. The van der Waals surface area contributed by atoms with Crippen LogP contribution in [0, 0.1) is 13.8 Å². The average molecular weight is 359 g/mol. The Morgan fingerprint density at radius 2 is 1.84 bits per heavy atom. The molecule has 2 N–H and O–H groups in total. The van der Waals surface area contributed by atoms with Gasteiger partial charge in [-0.15, -0.1) is 0 Å². The monoisotopic (exact) mass is 358 g/mol. The molecule has 0 aliphatic carbocycles. The van der Waals surface area contributed by atoms with Crippen LogP contribution in [-0.4, -0.2) is 38.6 Å². The van der Waals surface area contributed by atoms with Gasteiger partial charge in [-0.2, -0.15) is 0 Å². The average Bonchev–Trinajstić information content (AvgIpc) is 2.60. The molecule has 1 fully saturated rings. The molecule has 0 bridgehead atoms. The van der Waals surface area contributed by atoms with E-state index in [9.17, 15) is 4.79 Å². The lowest BCUT2D eigenvalue weighted by molar-refractivity contribution is -0.892. The molecule has 5 heteroatoms. The van der Waals surface area contributed by atoms with Crippen LogP contribution in [0.1, 0.15) is 11.1 Å². The lowest BCUT2D eigenvalue weighted by atomic mass is 10.1. The lowest BCUT2D eigenvalue weighted by Crippen LogP contribution is -3.15. The van der Waals surface area contributed by atoms with Gasteiger partial charge in [0, 0.05) is 5.69 Å². The molecule has 0 atom stereocenters. The fourth-order valence-electron chi connectivity index (χ4n) is 3.30. The van der Waals surface area contributed by atoms with Gasteiger partial charge in [-0.3, -0.25) is 4.79 Å². The quantitative estimate of drug-likeness (QED) is 0.880. The number of benzene rings is 2. The third kappa shape index (κ3) is 4.33. The smallest absolute Gasteiger partial charge is 0.279 e. The van der Waals surface area contributed by atoms with Gasteiger partial charge in [0.2, 0.25) is 0 Å². The fourth-order valence-corrected chi connectivity index (χ4v) is 3.49. The topological polar surface area (TPSA) is 36.8 Å². The highest BCUT2D eigenvalue weighted by atomic mass is 35.5. The Hall–Kier alpha value is -2.04. The van der Waals surface area contributed by atoms with Gasteiger partial charge in [-0.25, -0.2) is 0 Å².